The van der Waals surface area contributed by atoms with Gasteiger partial charge < -0.3 is 21.1 Å². The van der Waals surface area contributed by atoms with E-state index in [2.05, 4.69) is 10.6 Å². The highest BCUT2D eigenvalue weighted by Gasteiger charge is 2.02. The predicted octanol–water partition coefficient (Wildman–Crippen LogP) is 2.78. The maximum atomic E-state index is 11.7. The van der Waals surface area contributed by atoms with Crippen LogP contribution in [0.4, 0.5) is 16.2 Å². The number of nitrogens with one attached hydrogen (secondary N) is 2. The number of carbonyl (C=O) groups excluding carboxylic acids is 1. The monoisotopic (exact) mass is 285 g/mol. The molecule has 2 amide bonds. The van der Waals surface area contributed by atoms with Crippen LogP contribution >= 0.6 is 0 Å². The fourth-order valence-electron chi connectivity index (χ4n) is 1.84. The Hall–Kier alpha value is -2.69. The zero-order valence-electron chi connectivity index (χ0n) is 11.9. The molecule has 21 heavy (non-hydrogen) atoms. The summed E-state index contributed by atoms with van der Waals surface area (Å²) in [6, 6.07) is 14.6. The third-order valence-electron chi connectivity index (χ3n) is 2.84. The molecule has 0 aliphatic rings. The largest absolute Gasteiger partial charge is 0.490 e. The Morgan fingerprint density at radius 1 is 1.19 bits per heavy atom. The molecule has 2 aromatic rings. The second kappa shape index (κ2) is 7.19. The van der Waals surface area contributed by atoms with Gasteiger partial charge in [-0.05, 0) is 36.8 Å². The molecular weight excluding hydrogens is 266 g/mol. The Morgan fingerprint density at radius 3 is 2.76 bits per heavy atom. The molecule has 0 saturated carbocycles. The number of urea groups is 1. The number of anilines is 2. The van der Waals surface area contributed by atoms with Gasteiger partial charge in [0.2, 0.25) is 0 Å². The van der Waals surface area contributed by atoms with E-state index < -0.39 is 0 Å². The zero-order valence-corrected chi connectivity index (χ0v) is 11.9. The first-order valence-corrected chi connectivity index (χ1v) is 6.74. The van der Waals surface area contributed by atoms with Crippen LogP contribution in [0.2, 0.25) is 0 Å². The van der Waals surface area contributed by atoms with Crippen LogP contribution < -0.4 is 21.1 Å². The lowest BCUT2D eigenvalue weighted by molar-refractivity contribution is 0.247. The van der Waals surface area contributed by atoms with E-state index in [1.54, 1.807) is 12.1 Å². The molecule has 5 heteroatoms. The summed E-state index contributed by atoms with van der Waals surface area (Å²) in [4.78, 5) is 11.7. The maximum Gasteiger partial charge on any atom is 0.319 e. The first-order chi connectivity index (χ1) is 10.1. The van der Waals surface area contributed by atoms with Crippen LogP contribution in [-0.2, 0) is 0 Å². The lowest BCUT2D eigenvalue weighted by Gasteiger charge is -2.10. The van der Waals surface area contributed by atoms with Gasteiger partial charge in [0, 0.05) is 5.69 Å². The van der Waals surface area contributed by atoms with Gasteiger partial charge in [-0.25, -0.2) is 4.79 Å². The maximum absolute atomic E-state index is 11.7. The van der Waals surface area contributed by atoms with E-state index in [-0.39, 0.29) is 6.03 Å². The van der Waals surface area contributed by atoms with Gasteiger partial charge in [0.1, 0.15) is 12.4 Å². The van der Waals surface area contributed by atoms with E-state index in [9.17, 15) is 4.79 Å². The molecule has 0 saturated heterocycles. The van der Waals surface area contributed by atoms with Crippen LogP contribution in [0.25, 0.3) is 0 Å². The third kappa shape index (κ3) is 4.72. The molecule has 2 rings (SSSR count). The number of nitrogens with two attached hydrogens (primary N) is 1. The van der Waals surface area contributed by atoms with E-state index in [0.717, 1.165) is 11.3 Å². The van der Waals surface area contributed by atoms with Crippen molar-refractivity contribution in [2.75, 3.05) is 24.2 Å². The van der Waals surface area contributed by atoms with Crippen molar-refractivity contribution >= 4 is 17.4 Å². The van der Waals surface area contributed by atoms with Crippen molar-refractivity contribution in [3.05, 3.63) is 54.1 Å². The van der Waals surface area contributed by atoms with Crippen LogP contribution in [-0.4, -0.2) is 19.2 Å². The molecule has 5 nitrogen and oxygen atoms in total. The second-order valence-corrected chi connectivity index (χ2v) is 4.64. The number of aryl methyl sites for hydroxylation is 1. The van der Waals surface area contributed by atoms with E-state index in [4.69, 9.17) is 10.5 Å². The molecule has 0 spiro atoms. The quantitative estimate of drug-likeness (QED) is 0.584. The lowest BCUT2D eigenvalue weighted by Crippen LogP contribution is -2.32. The summed E-state index contributed by atoms with van der Waals surface area (Å²) in [5.41, 5.74) is 8.20. The first kappa shape index (κ1) is 14.7. The highest BCUT2D eigenvalue weighted by Crippen LogP contribution is 2.19. The van der Waals surface area contributed by atoms with Gasteiger partial charge in [0.05, 0.1) is 12.2 Å². The summed E-state index contributed by atoms with van der Waals surface area (Å²) in [6.45, 7) is 2.72. The molecule has 0 aromatic heterocycles. The standard InChI is InChI=1S/C16H19N3O2/c1-12-5-4-6-13(11-12)19-16(20)18-9-10-21-15-8-3-2-7-14(15)17/h2-8,11H,9-10,17H2,1H3,(H2,18,19,20). The van der Waals surface area contributed by atoms with Crippen LogP contribution in [0.5, 0.6) is 5.75 Å². The van der Waals surface area contributed by atoms with Crippen molar-refractivity contribution in [3.8, 4) is 5.75 Å². The van der Waals surface area contributed by atoms with Gasteiger partial charge in [0.25, 0.3) is 0 Å². The van der Waals surface area contributed by atoms with Gasteiger partial charge >= 0.3 is 6.03 Å². The number of para-hydroxylation sites is 2. The number of amides is 2. The van der Waals surface area contributed by atoms with Gasteiger partial charge in [-0.1, -0.05) is 24.3 Å². The molecule has 0 unspecified atom stereocenters. The van der Waals surface area contributed by atoms with Crippen molar-refractivity contribution < 1.29 is 9.53 Å². The number of hydrogen-bond acceptors (Lipinski definition) is 3. The smallest absolute Gasteiger partial charge is 0.319 e. The molecule has 0 aliphatic carbocycles. The molecular formula is C16H19N3O2. The number of carbonyl (C=O) groups is 1. The molecule has 0 bridgehead atoms. The Balaban J connectivity index is 1.71. The first-order valence-electron chi connectivity index (χ1n) is 6.74. The molecule has 0 fully saturated rings. The highest BCUT2D eigenvalue weighted by molar-refractivity contribution is 5.89. The molecule has 0 aliphatic heterocycles. The van der Waals surface area contributed by atoms with Crippen molar-refractivity contribution in [2.24, 2.45) is 0 Å². The van der Waals surface area contributed by atoms with Crippen LogP contribution in [0.15, 0.2) is 48.5 Å². The summed E-state index contributed by atoms with van der Waals surface area (Å²) in [6.07, 6.45) is 0. The molecule has 110 valence electrons. The summed E-state index contributed by atoms with van der Waals surface area (Å²) < 4.78 is 5.49. The lowest BCUT2D eigenvalue weighted by atomic mass is 10.2. The molecule has 0 atom stereocenters. The third-order valence-corrected chi connectivity index (χ3v) is 2.84. The average Bonchev–Trinajstić information content (AvgIpc) is 2.45. The summed E-state index contributed by atoms with van der Waals surface area (Å²) in [5, 5.41) is 5.49. The number of rotatable bonds is 5. The van der Waals surface area contributed by atoms with Gasteiger partial charge in [-0.3, -0.25) is 0 Å². The SMILES string of the molecule is Cc1cccc(NC(=O)NCCOc2ccccc2N)c1. The second-order valence-electron chi connectivity index (χ2n) is 4.64. The Kier molecular flexibility index (Phi) is 5.04. The summed E-state index contributed by atoms with van der Waals surface area (Å²) in [7, 11) is 0. The van der Waals surface area contributed by atoms with E-state index in [1.807, 2.05) is 43.3 Å². The van der Waals surface area contributed by atoms with E-state index in [0.29, 0.717) is 24.6 Å². The minimum Gasteiger partial charge on any atom is -0.490 e. The Morgan fingerprint density at radius 2 is 2.00 bits per heavy atom. The van der Waals surface area contributed by atoms with Gasteiger partial charge in [0.15, 0.2) is 0 Å². The van der Waals surface area contributed by atoms with Gasteiger partial charge in [-0.15, -0.1) is 0 Å². The van der Waals surface area contributed by atoms with E-state index in [1.165, 1.54) is 0 Å². The minimum atomic E-state index is -0.259. The number of nitrogen functional groups attached to an aromatic ring is 1. The van der Waals surface area contributed by atoms with Crippen LogP contribution in [0.1, 0.15) is 5.56 Å². The van der Waals surface area contributed by atoms with E-state index >= 15 is 0 Å². The van der Waals surface area contributed by atoms with Crippen molar-refractivity contribution in [2.45, 2.75) is 6.92 Å². The Labute approximate surface area is 124 Å². The fraction of sp³-hybridized carbons (Fsp3) is 0.188. The normalized spacial score (nSPS) is 9.95. The van der Waals surface area contributed by atoms with Crippen molar-refractivity contribution in [3.63, 3.8) is 0 Å². The number of ether oxygens (including phenoxy) is 1. The molecule has 4 N–H and O–H groups in total. The van der Waals surface area contributed by atoms with Crippen molar-refractivity contribution in [1.82, 2.24) is 5.32 Å². The van der Waals surface area contributed by atoms with Gasteiger partial charge in [-0.2, -0.15) is 0 Å². The van der Waals surface area contributed by atoms with Crippen molar-refractivity contribution in [1.29, 1.82) is 0 Å². The summed E-state index contributed by atoms with van der Waals surface area (Å²) in [5.74, 6) is 0.624. The van der Waals surface area contributed by atoms with Crippen LogP contribution in [0, 0.1) is 6.92 Å². The Bertz CT molecular complexity index is 614. The average molecular weight is 285 g/mol. The predicted molar refractivity (Wildman–Crippen MR) is 84.5 cm³/mol. The van der Waals surface area contributed by atoms with Crippen LogP contribution in [0.3, 0.4) is 0 Å². The molecule has 0 heterocycles. The zero-order chi connectivity index (χ0) is 15.1. The molecule has 2 aromatic carbocycles. The fourth-order valence-corrected chi connectivity index (χ4v) is 1.84. The number of hydrogen-bond donors (Lipinski definition) is 3. The molecule has 0 radical (unpaired) electrons. The topological polar surface area (TPSA) is 76.4 Å². The minimum absolute atomic E-state index is 0.259. The highest BCUT2D eigenvalue weighted by atomic mass is 16.5. The summed E-state index contributed by atoms with van der Waals surface area (Å²) >= 11 is 0. The number of benzene rings is 2.